The van der Waals surface area contributed by atoms with Gasteiger partial charge in [-0.1, -0.05) is 13.3 Å². The topological polar surface area (TPSA) is 0 Å². The molecule has 0 spiro atoms. The fourth-order valence-electron chi connectivity index (χ4n) is 1.63. The van der Waals surface area contributed by atoms with Crippen molar-refractivity contribution in [2.24, 2.45) is 5.92 Å². The van der Waals surface area contributed by atoms with E-state index in [2.05, 4.69) is 13.3 Å². The van der Waals surface area contributed by atoms with E-state index in [1.807, 2.05) is 0 Å². The first-order valence-corrected chi connectivity index (χ1v) is 4.35. The van der Waals surface area contributed by atoms with Crippen molar-refractivity contribution >= 4 is 0 Å². The molecule has 0 aliphatic heterocycles. The molecule has 1 radical (unpaired) electrons. The number of hydrogen-bond donors (Lipinski definition) is 0. The molecule has 11 heavy (non-hydrogen) atoms. The van der Waals surface area contributed by atoms with Gasteiger partial charge < -0.3 is 0 Å². The standard InChI is InChI=1S/C9H15F2/c1-2-3-8-4-6-9(10,11)7-5-8/h3,8H,2,4-7H2,1H3. The third-order valence-electron chi connectivity index (χ3n) is 2.33. The minimum absolute atomic E-state index is 0.0914. The van der Waals surface area contributed by atoms with Crippen LogP contribution in [0.2, 0.25) is 0 Å². The lowest BCUT2D eigenvalue weighted by Crippen LogP contribution is -2.24. The van der Waals surface area contributed by atoms with Crippen LogP contribution in [0, 0.1) is 12.3 Å². The highest BCUT2D eigenvalue weighted by Gasteiger charge is 2.34. The molecule has 0 amide bonds. The van der Waals surface area contributed by atoms with Crippen molar-refractivity contribution in [3.8, 4) is 0 Å². The average Bonchev–Trinajstić information content (AvgIpc) is 1.94. The molecule has 0 heterocycles. The molecule has 0 atom stereocenters. The van der Waals surface area contributed by atoms with E-state index in [4.69, 9.17) is 0 Å². The summed E-state index contributed by atoms with van der Waals surface area (Å²) in [4.78, 5) is 0. The summed E-state index contributed by atoms with van der Waals surface area (Å²) in [6.07, 6.45) is 4.72. The summed E-state index contributed by atoms with van der Waals surface area (Å²) in [6.45, 7) is 2.06. The van der Waals surface area contributed by atoms with Gasteiger partial charge in [0.2, 0.25) is 5.92 Å². The fourth-order valence-corrected chi connectivity index (χ4v) is 1.63. The van der Waals surface area contributed by atoms with Crippen LogP contribution in [0.3, 0.4) is 0 Å². The van der Waals surface area contributed by atoms with Crippen molar-refractivity contribution in [2.45, 2.75) is 45.0 Å². The molecule has 1 aliphatic carbocycles. The summed E-state index contributed by atoms with van der Waals surface area (Å²) in [7, 11) is 0. The van der Waals surface area contributed by atoms with E-state index in [0.29, 0.717) is 18.8 Å². The van der Waals surface area contributed by atoms with Gasteiger partial charge >= 0.3 is 0 Å². The third-order valence-corrected chi connectivity index (χ3v) is 2.33. The summed E-state index contributed by atoms with van der Waals surface area (Å²) in [6, 6.07) is 0. The second kappa shape index (κ2) is 3.51. The van der Waals surface area contributed by atoms with Gasteiger partial charge in [0, 0.05) is 12.8 Å². The van der Waals surface area contributed by atoms with Crippen LogP contribution in [0.1, 0.15) is 39.0 Å². The Labute approximate surface area is 67.0 Å². The Hall–Kier alpha value is -0.140. The maximum atomic E-state index is 12.6. The lowest BCUT2D eigenvalue weighted by atomic mass is 9.84. The largest absolute Gasteiger partial charge is 0.248 e. The Morgan fingerprint density at radius 3 is 2.36 bits per heavy atom. The monoisotopic (exact) mass is 161 g/mol. The molecule has 0 unspecified atom stereocenters. The molecule has 0 aromatic rings. The lowest BCUT2D eigenvalue weighted by Gasteiger charge is -2.27. The Kier molecular flexibility index (Phi) is 2.85. The average molecular weight is 161 g/mol. The minimum atomic E-state index is -2.36. The van der Waals surface area contributed by atoms with E-state index in [9.17, 15) is 8.78 Å². The van der Waals surface area contributed by atoms with Crippen molar-refractivity contribution in [2.75, 3.05) is 0 Å². The van der Waals surface area contributed by atoms with Gasteiger partial charge in [0.25, 0.3) is 0 Å². The normalized spacial score (nSPS) is 25.4. The lowest BCUT2D eigenvalue weighted by molar-refractivity contribution is -0.0427. The number of halogens is 2. The highest BCUT2D eigenvalue weighted by molar-refractivity contribution is 4.84. The zero-order valence-electron chi connectivity index (χ0n) is 6.95. The predicted molar refractivity (Wildman–Crippen MR) is 41.5 cm³/mol. The Bertz CT molecular complexity index is 111. The molecule has 0 bridgehead atoms. The number of alkyl halides is 2. The van der Waals surface area contributed by atoms with Crippen LogP contribution < -0.4 is 0 Å². The molecule has 0 aromatic heterocycles. The Morgan fingerprint density at radius 1 is 1.36 bits per heavy atom. The van der Waals surface area contributed by atoms with Crippen LogP contribution in [-0.4, -0.2) is 5.92 Å². The molecule has 0 saturated heterocycles. The van der Waals surface area contributed by atoms with Gasteiger partial charge in [-0.25, -0.2) is 8.78 Å². The highest BCUT2D eigenvalue weighted by atomic mass is 19.3. The van der Waals surface area contributed by atoms with Gasteiger partial charge in [-0.15, -0.1) is 0 Å². The molecule has 0 nitrogen and oxygen atoms in total. The zero-order valence-corrected chi connectivity index (χ0v) is 6.95. The molecule has 65 valence electrons. The van der Waals surface area contributed by atoms with E-state index >= 15 is 0 Å². The molecule has 1 aliphatic rings. The minimum Gasteiger partial charge on any atom is -0.207 e. The van der Waals surface area contributed by atoms with E-state index in [1.54, 1.807) is 0 Å². The Balaban J connectivity index is 2.25. The van der Waals surface area contributed by atoms with Crippen LogP contribution in [0.15, 0.2) is 0 Å². The quantitative estimate of drug-likeness (QED) is 0.582. The van der Waals surface area contributed by atoms with Crippen LogP contribution in [0.25, 0.3) is 0 Å². The van der Waals surface area contributed by atoms with E-state index in [0.717, 1.165) is 6.42 Å². The van der Waals surface area contributed by atoms with Crippen molar-refractivity contribution in [3.63, 3.8) is 0 Å². The van der Waals surface area contributed by atoms with Crippen LogP contribution in [-0.2, 0) is 0 Å². The number of rotatable bonds is 2. The summed E-state index contributed by atoms with van der Waals surface area (Å²) >= 11 is 0. The highest BCUT2D eigenvalue weighted by Crippen LogP contribution is 2.37. The van der Waals surface area contributed by atoms with Gasteiger partial charge in [-0.2, -0.15) is 0 Å². The third kappa shape index (κ3) is 2.76. The van der Waals surface area contributed by atoms with Crippen molar-refractivity contribution in [1.82, 2.24) is 0 Å². The van der Waals surface area contributed by atoms with Crippen LogP contribution >= 0.6 is 0 Å². The van der Waals surface area contributed by atoms with Crippen LogP contribution in [0.4, 0.5) is 8.78 Å². The second-order valence-electron chi connectivity index (χ2n) is 3.34. The maximum Gasteiger partial charge on any atom is 0.248 e. The van der Waals surface area contributed by atoms with Gasteiger partial charge in [0.1, 0.15) is 0 Å². The first-order chi connectivity index (χ1) is 5.14. The Morgan fingerprint density at radius 2 is 1.91 bits per heavy atom. The fraction of sp³-hybridized carbons (Fsp3) is 0.889. The van der Waals surface area contributed by atoms with E-state index < -0.39 is 5.92 Å². The summed E-state index contributed by atoms with van der Waals surface area (Å²) in [5, 5.41) is 0. The van der Waals surface area contributed by atoms with Gasteiger partial charge in [0.15, 0.2) is 0 Å². The SMILES string of the molecule is CC[CH]C1CCC(F)(F)CC1. The molecule has 2 heteroatoms. The van der Waals surface area contributed by atoms with Crippen molar-refractivity contribution in [1.29, 1.82) is 0 Å². The van der Waals surface area contributed by atoms with E-state index in [-0.39, 0.29) is 12.8 Å². The molecular formula is C9H15F2. The molecular weight excluding hydrogens is 146 g/mol. The molecule has 0 N–H and O–H groups in total. The van der Waals surface area contributed by atoms with Crippen molar-refractivity contribution < 1.29 is 8.78 Å². The molecule has 1 fully saturated rings. The van der Waals surface area contributed by atoms with Crippen LogP contribution in [0.5, 0.6) is 0 Å². The molecule has 1 rings (SSSR count). The van der Waals surface area contributed by atoms with Gasteiger partial charge in [0.05, 0.1) is 0 Å². The second-order valence-corrected chi connectivity index (χ2v) is 3.34. The molecule has 1 saturated carbocycles. The predicted octanol–water partition coefficient (Wildman–Crippen LogP) is 3.43. The summed E-state index contributed by atoms with van der Waals surface area (Å²) < 4.78 is 25.2. The smallest absolute Gasteiger partial charge is 0.207 e. The summed E-state index contributed by atoms with van der Waals surface area (Å²) in [5.74, 6) is -1.91. The summed E-state index contributed by atoms with van der Waals surface area (Å²) in [5.41, 5.74) is 0. The van der Waals surface area contributed by atoms with Gasteiger partial charge in [-0.3, -0.25) is 0 Å². The maximum absolute atomic E-state index is 12.6. The van der Waals surface area contributed by atoms with E-state index in [1.165, 1.54) is 0 Å². The van der Waals surface area contributed by atoms with Crippen molar-refractivity contribution in [3.05, 3.63) is 6.42 Å². The van der Waals surface area contributed by atoms with Gasteiger partial charge in [-0.05, 0) is 25.2 Å². The first-order valence-electron chi connectivity index (χ1n) is 4.35. The first kappa shape index (κ1) is 8.95. The number of hydrogen-bond acceptors (Lipinski definition) is 0. The zero-order chi connectivity index (χ0) is 8.32. The molecule has 0 aromatic carbocycles.